The van der Waals surface area contributed by atoms with Gasteiger partial charge in [-0.05, 0) is 35.9 Å². The van der Waals surface area contributed by atoms with Gasteiger partial charge in [0.15, 0.2) is 11.5 Å². The summed E-state index contributed by atoms with van der Waals surface area (Å²) >= 11 is 6.04. The van der Waals surface area contributed by atoms with Crippen LogP contribution in [0.1, 0.15) is 11.1 Å². The van der Waals surface area contributed by atoms with Gasteiger partial charge in [-0.25, -0.2) is 0 Å². The Kier molecular flexibility index (Phi) is 5.81. The van der Waals surface area contributed by atoms with Crippen molar-refractivity contribution < 1.29 is 9.47 Å². The maximum absolute atomic E-state index is 6.07. The standard InChI is InChI=1S/C21H20ClNO2/c1-24-20-12-6-8-17(14-23-19-10-3-2-4-11-19)21(20)25-15-16-7-5-9-18(22)13-16/h2-13,23H,14-15H2,1H3. The molecule has 25 heavy (non-hydrogen) atoms. The first-order chi connectivity index (χ1) is 12.3. The van der Waals surface area contributed by atoms with Crippen molar-refractivity contribution in [2.24, 2.45) is 0 Å². The van der Waals surface area contributed by atoms with E-state index in [4.69, 9.17) is 21.1 Å². The number of halogens is 1. The van der Waals surface area contributed by atoms with Crippen molar-refractivity contribution in [1.82, 2.24) is 0 Å². The van der Waals surface area contributed by atoms with E-state index in [9.17, 15) is 0 Å². The zero-order valence-electron chi connectivity index (χ0n) is 14.0. The fourth-order valence-corrected chi connectivity index (χ4v) is 2.77. The van der Waals surface area contributed by atoms with Crippen LogP contribution < -0.4 is 14.8 Å². The molecule has 0 bridgehead atoms. The molecule has 0 spiro atoms. The smallest absolute Gasteiger partial charge is 0.166 e. The third-order valence-electron chi connectivity index (χ3n) is 3.81. The highest BCUT2D eigenvalue weighted by Crippen LogP contribution is 2.32. The monoisotopic (exact) mass is 353 g/mol. The molecule has 0 aliphatic heterocycles. The van der Waals surface area contributed by atoms with Crippen LogP contribution in [0.3, 0.4) is 0 Å². The number of methoxy groups -OCH3 is 1. The molecular formula is C21H20ClNO2. The fraction of sp³-hybridized carbons (Fsp3) is 0.143. The number of para-hydroxylation sites is 2. The van der Waals surface area contributed by atoms with Gasteiger partial charge in [-0.2, -0.15) is 0 Å². The quantitative estimate of drug-likeness (QED) is 0.605. The summed E-state index contributed by atoms with van der Waals surface area (Å²) in [7, 11) is 1.65. The number of hydrogen-bond acceptors (Lipinski definition) is 3. The van der Waals surface area contributed by atoms with Crippen LogP contribution in [0, 0.1) is 0 Å². The predicted octanol–water partition coefficient (Wildman–Crippen LogP) is 5.54. The Hall–Kier alpha value is -2.65. The molecule has 0 atom stereocenters. The first kappa shape index (κ1) is 17.2. The van der Waals surface area contributed by atoms with E-state index in [1.807, 2.05) is 72.8 Å². The van der Waals surface area contributed by atoms with E-state index in [2.05, 4.69) is 5.32 Å². The summed E-state index contributed by atoms with van der Waals surface area (Å²) in [6.07, 6.45) is 0. The molecule has 0 aliphatic rings. The number of benzene rings is 3. The molecule has 3 rings (SSSR count). The molecule has 0 saturated heterocycles. The van der Waals surface area contributed by atoms with Crippen LogP contribution >= 0.6 is 11.6 Å². The maximum atomic E-state index is 6.07. The van der Waals surface area contributed by atoms with E-state index in [0.717, 1.165) is 28.3 Å². The lowest BCUT2D eigenvalue weighted by Crippen LogP contribution is -2.05. The Labute approximate surface area is 153 Å². The highest BCUT2D eigenvalue weighted by atomic mass is 35.5. The first-order valence-electron chi connectivity index (χ1n) is 8.08. The van der Waals surface area contributed by atoms with Gasteiger partial charge in [0, 0.05) is 22.8 Å². The summed E-state index contributed by atoms with van der Waals surface area (Å²) in [5.41, 5.74) is 3.11. The van der Waals surface area contributed by atoms with Crippen LogP contribution in [0.25, 0.3) is 0 Å². The van der Waals surface area contributed by atoms with Crippen LogP contribution in [-0.2, 0) is 13.2 Å². The number of anilines is 1. The number of hydrogen-bond donors (Lipinski definition) is 1. The predicted molar refractivity (Wildman–Crippen MR) is 103 cm³/mol. The van der Waals surface area contributed by atoms with Crippen LogP contribution in [0.5, 0.6) is 11.5 Å². The van der Waals surface area contributed by atoms with E-state index in [1.54, 1.807) is 7.11 Å². The van der Waals surface area contributed by atoms with Gasteiger partial charge in [0.1, 0.15) is 6.61 Å². The van der Waals surface area contributed by atoms with Crippen LogP contribution in [0.4, 0.5) is 5.69 Å². The third-order valence-corrected chi connectivity index (χ3v) is 4.04. The van der Waals surface area contributed by atoms with Gasteiger partial charge in [0.2, 0.25) is 0 Å². The molecule has 0 aliphatic carbocycles. The summed E-state index contributed by atoms with van der Waals surface area (Å²) < 4.78 is 11.5. The minimum Gasteiger partial charge on any atom is -0.493 e. The van der Waals surface area contributed by atoms with Gasteiger partial charge < -0.3 is 14.8 Å². The number of ether oxygens (including phenoxy) is 2. The molecule has 1 N–H and O–H groups in total. The van der Waals surface area contributed by atoms with Crippen molar-refractivity contribution in [2.45, 2.75) is 13.2 Å². The third kappa shape index (κ3) is 4.68. The van der Waals surface area contributed by atoms with Crippen molar-refractivity contribution in [2.75, 3.05) is 12.4 Å². The van der Waals surface area contributed by atoms with Gasteiger partial charge >= 0.3 is 0 Å². The summed E-state index contributed by atoms with van der Waals surface area (Å²) in [4.78, 5) is 0. The minimum atomic E-state index is 0.430. The maximum Gasteiger partial charge on any atom is 0.166 e. The minimum absolute atomic E-state index is 0.430. The second-order valence-corrected chi connectivity index (χ2v) is 6.02. The Bertz CT molecular complexity index is 821. The van der Waals surface area contributed by atoms with Crippen molar-refractivity contribution in [3.05, 3.63) is 88.9 Å². The molecule has 0 fully saturated rings. The molecule has 3 aromatic rings. The lowest BCUT2D eigenvalue weighted by Gasteiger charge is -2.16. The highest BCUT2D eigenvalue weighted by Gasteiger charge is 2.11. The lowest BCUT2D eigenvalue weighted by molar-refractivity contribution is 0.281. The Balaban J connectivity index is 1.76. The highest BCUT2D eigenvalue weighted by molar-refractivity contribution is 6.30. The largest absolute Gasteiger partial charge is 0.493 e. The van der Waals surface area contributed by atoms with Gasteiger partial charge in [-0.3, -0.25) is 0 Å². The summed E-state index contributed by atoms with van der Waals surface area (Å²) in [6.45, 7) is 1.07. The molecule has 0 radical (unpaired) electrons. The van der Waals surface area contributed by atoms with E-state index in [0.29, 0.717) is 18.2 Å². The van der Waals surface area contributed by atoms with Crippen molar-refractivity contribution in [3.8, 4) is 11.5 Å². The molecule has 4 heteroatoms. The fourth-order valence-electron chi connectivity index (χ4n) is 2.56. The normalized spacial score (nSPS) is 10.3. The van der Waals surface area contributed by atoms with Crippen molar-refractivity contribution in [1.29, 1.82) is 0 Å². The summed E-state index contributed by atoms with van der Waals surface area (Å²) in [5, 5.41) is 4.10. The Morgan fingerprint density at radius 1 is 0.920 bits per heavy atom. The van der Waals surface area contributed by atoms with E-state index >= 15 is 0 Å². The van der Waals surface area contributed by atoms with Crippen molar-refractivity contribution in [3.63, 3.8) is 0 Å². The van der Waals surface area contributed by atoms with E-state index in [1.165, 1.54) is 0 Å². The number of rotatable bonds is 7. The Morgan fingerprint density at radius 3 is 2.48 bits per heavy atom. The molecule has 3 nitrogen and oxygen atoms in total. The van der Waals surface area contributed by atoms with E-state index in [-0.39, 0.29) is 0 Å². The first-order valence-corrected chi connectivity index (χ1v) is 8.46. The topological polar surface area (TPSA) is 30.5 Å². The zero-order valence-corrected chi connectivity index (χ0v) is 14.8. The molecular weight excluding hydrogens is 334 g/mol. The van der Waals surface area contributed by atoms with Crippen LogP contribution in [0.2, 0.25) is 5.02 Å². The Morgan fingerprint density at radius 2 is 1.72 bits per heavy atom. The molecule has 0 saturated carbocycles. The SMILES string of the molecule is COc1cccc(CNc2ccccc2)c1OCc1cccc(Cl)c1. The molecule has 3 aromatic carbocycles. The van der Waals surface area contributed by atoms with Gasteiger partial charge in [-0.15, -0.1) is 0 Å². The van der Waals surface area contributed by atoms with Crippen molar-refractivity contribution >= 4 is 17.3 Å². The molecule has 0 heterocycles. The molecule has 0 unspecified atom stereocenters. The van der Waals surface area contributed by atoms with Gasteiger partial charge in [0.05, 0.1) is 7.11 Å². The lowest BCUT2D eigenvalue weighted by atomic mass is 10.1. The van der Waals surface area contributed by atoms with Crippen LogP contribution in [0.15, 0.2) is 72.8 Å². The van der Waals surface area contributed by atoms with Gasteiger partial charge in [0.25, 0.3) is 0 Å². The zero-order chi connectivity index (χ0) is 17.5. The number of nitrogens with one attached hydrogen (secondary N) is 1. The van der Waals surface area contributed by atoms with Crippen LogP contribution in [-0.4, -0.2) is 7.11 Å². The second kappa shape index (κ2) is 8.45. The second-order valence-electron chi connectivity index (χ2n) is 5.59. The molecule has 0 aromatic heterocycles. The summed E-state index contributed by atoms with van der Waals surface area (Å²) in [6, 6.07) is 23.6. The molecule has 128 valence electrons. The van der Waals surface area contributed by atoms with Gasteiger partial charge in [-0.1, -0.05) is 54.1 Å². The molecule has 0 amide bonds. The van der Waals surface area contributed by atoms with E-state index < -0.39 is 0 Å². The summed E-state index contributed by atoms with van der Waals surface area (Å²) in [5.74, 6) is 1.46. The average Bonchev–Trinajstić information content (AvgIpc) is 2.65. The average molecular weight is 354 g/mol.